The van der Waals surface area contributed by atoms with Gasteiger partial charge in [0.25, 0.3) is 0 Å². The molecule has 0 bridgehead atoms. The lowest BCUT2D eigenvalue weighted by Crippen LogP contribution is -2.51. The molecule has 1 fully saturated rings. The largest absolute Gasteiger partial charge is 0.377 e. The van der Waals surface area contributed by atoms with Gasteiger partial charge in [-0.2, -0.15) is 5.26 Å². The molecule has 4 rings (SSSR count). The van der Waals surface area contributed by atoms with E-state index in [-0.39, 0.29) is 23.9 Å². The van der Waals surface area contributed by atoms with Crippen LogP contribution >= 0.6 is 0 Å². The maximum atomic E-state index is 12.5. The Kier molecular flexibility index (Phi) is 4.16. The van der Waals surface area contributed by atoms with Crippen LogP contribution in [0.5, 0.6) is 0 Å². The van der Waals surface area contributed by atoms with Crippen molar-refractivity contribution in [1.82, 2.24) is 0 Å². The van der Waals surface area contributed by atoms with E-state index in [0.29, 0.717) is 11.5 Å². The Hall–Kier alpha value is -2.80. The summed E-state index contributed by atoms with van der Waals surface area (Å²) in [5.41, 5.74) is 3.63. The number of rotatable bonds is 3. The highest BCUT2D eigenvalue weighted by molar-refractivity contribution is 5.94. The molecular weight excluding hydrogens is 322 g/mol. The second-order valence-electron chi connectivity index (χ2n) is 7.41. The van der Waals surface area contributed by atoms with E-state index in [1.54, 1.807) is 6.92 Å². The van der Waals surface area contributed by atoms with E-state index in [9.17, 15) is 10.1 Å². The number of hydrogen-bond acceptors (Lipinski definition) is 3. The number of benzene rings is 2. The molecule has 4 heteroatoms. The normalized spacial score (nSPS) is 24.5. The smallest absolute Gasteiger partial charge is 0.224 e. The van der Waals surface area contributed by atoms with E-state index in [4.69, 9.17) is 0 Å². The van der Waals surface area contributed by atoms with Gasteiger partial charge in [0, 0.05) is 24.6 Å². The van der Waals surface area contributed by atoms with Crippen LogP contribution in [0.4, 0.5) is 11.4 Å². The number of para-hydroxylation sites is 2. The van der Waals surface area contributed by atoms with Gasteiger partial charge >= 0.3 is 0 Å². The molecule has 0 radical (unpaired) electrons. The Balaban J connectivity index is 1.80. The number of nitriles is 1. The van der Waals surface area contributed by atoms with Gasteiger partial charge in [-0.1, -0.05) is 37.3 Å². The van der Waals surface area contributed by atoms with Gasteiger partial charge in [-0.05, 0) is 42.5 Å². The summed E-state index contributed by atoms with van der Waals surface area (Å²) in [6.07, 6.45) is 2.37. The van der Waals surface area contributed by atoms with Crippen molar-refractivity contribution in [3.63, 3.8) is 0 Å². The second kappa shape index (κ2) is 6.49. The molecule has 0 unspecified atom stereocenters. The van der Waals surface area contributed by atoms with Crippen LogP contribution in [0.2, 0.25) is 0 Å². The Morgan fingerprint density at radius 3 is 2.54 bits per heavy atom. The lowest BCUT2D eigenvalue weighted by Gasteiger charge is -2.46. The van der Waals surface area contributed by atoms with Crippen LogP contribution in [0.25, 0.3) is 0 Å². The number of nitrogens with one attached hydrogen (secondary N) is 1. The molecule has 1 aliphatic carbocycles. The Labute approximate surface area is 154 Å². The van der Waals surface area contributed by atoms with Crippen LogP contribution in [-0.2, 0) is 4.79 Å². The highest BCUT2D eigenvalue weighted by atomic mass is 16.2. The first-order chi connectivity index (χ1) is 12.6. The molecule has 3 atom stereocenters. The van der Waals surface area contributed by atoms with Gasteiger partial charge in [-0.15, -0.1) is 0 Å². The summed E-state index contributed by atoms with van der Waals surface area (Å²) in [5, 5.41) is 13.0. The van der Waals surface area contributed by atoms with Crippen molar-refractivity contribution in [2.45, 2.75) is 38.8 Å². The molecule has 1 saturated carbocycles. The summed E-state index contributed by atoms with van der Waals surface area (Å²) in [6, 6.07) is 18.3. The molecule has 1 aliphatic heterocycles. The van der Waals surface area contributed by atoms with E-state index in [0.717, 1.165) is 16.9 Å². The van der Waals surface area contributed by atoms with Crippen LogP contribution in [0, 0.1) is 23.2 Å². The predicted octanol–water partition coefficient (Wildman–Crippen LogP) is 4.49. The molecule has 1 heterocycles. The number of anilines is 2. The van der Waals surface area contributed by atoms with Crippen LogP contribution < -0.4 is 10.2 Å². The average molecular weight is 345 g/mol. The number of carbonyl (C=O) groups excluding carboxylic acids is 1. The van der Waals surface area contributed by atoms with Crippen molar-refractivity contribution in [3.8, 4) is 6.07 Å². The fourth-order valence-corrected chi connectivity index (χ4v) is 4.39. The summed E-state index contributed by atoms with van der Waals surface area (Å²) >= 11 is 0. The number of amides is 1. The van der Waals surface area contributed by atoms with Gasteiger partial charge in [0.1, 0.15) is 6.07 Å². The van der Waals surface area contributed by atoms with Gasteiger partial charge in [0.2, 0.25) is 5.91 Å². The van der Waals surface area contributed by atoms with Gasteiger partial charge < -0.3 is 10.2 Å². The molecule has 4 nitrogen and oxygen atoms in total. The lowest BCUT2D eigenvalue weighted by atomic mass is 9.80. The number of fused-ring (bicyclic) bond motifs is 1. The molecule has 2 aromatic carbocycles. The van der Waals surface area contributed by atoms with Crippen molar-refractivity contribution in [2.75, 3.05) is 10.2 Å². The van der Waals surface area contributed by atoms with Crippen LogP contribution in [0.1, 0.15) is 43.9 Å². The zero-order valence-electron chi connectivity index (χ0n) is 15.1. The summed E-state index contributed by atoms with van der Waals surface area (Å²) in [6.45, 7) is 3.89. The summed E-state index contributed by atoms with van der Waals surface area (Å²) in [7, 11) is 0. The van der Waals surface area contributed by atoms with E-state index < -0.39 is 0 Å². The zero-order chi connectivity index (χ0) is 18.3. The number of carbonyl (C=O) groups is 1. The molecule has 0 spiro atoms. The Bertz CT molecular complexity index is 881. The highest BCUT2D eigenvalue weighted by Crippen LogP contribution is 2.50. The van der Waals surface area contributed by atoms with Crippen molar-refractivity contribution in [2.24, 2.45) is 11.8 Å². The van der Waals surface area contributed by atoms with Crippen LogP contribution in [-0.4, -0.2) is 11.9 Å². The molecule has 2 aromatic rings. The maximum Gasteiger partial charge on any atom is 0.224 e. The minimum absolute atomic E-state index is 0.0712. The minimum Gasteiger partial charge on any atom is -0.377 e. The molecule has 2 aliphatic rings. The topological polar surface area (TPSA) is 56.1 Å². The minimum atomic E-state index is 0.0712. The van der Waals surface area contributed by atoms with E-state index >= 15 is 0 Å². The second-order valence-corrected chi connectivity index (χ2v) is 7.41. The lowest BCUT2D eigenvalue weighted by molar-refractivity contribution is -0.117. The zero-order valence-corrected chi connectivity index (χ0v) is 15.1. The molecule has 132 valence electrons. The summed E-state index contributed by atoms with van der Waals surface area (Å²) < 4.78 is 0. The highest BCUT2D eigenvalue weighted by Gasteiger charge is 2.47. The van der Waals surface area contributed by atoms with Gasteiger partial charge in [0.05, 0.1) is 17.3 Å². The molecule has 1 amide bonds. The molecular formula is C22H23N3O. The first kappa shape index (κ1) is 16.7. The van der Waals surface area contributed by atoms with Crippen molar-refractivity contribution in [3.05, 3.63) is 59.7 Å². The predicted molar refractivity (Wildman–Crippen MR) is 103 cm³/mol. The van der Waals surface area contributed by atoms with E-state index in [2.05, 4.69) is 24.4 Å². The van der Waals surface area contributed by atoms with Crippen molar-refractivity contribution < 1.29 is 4.79 Å². The van der Waals surface area contributed by atoms with Gasteiger partial charge in [-0.3, -0.25) is 4.79 Å². The average Bonchev–Trinajstić information content (AvgIpc) is 3.48. The summed E-state index contributed by atoms with van der Waals surface area (Å²) in [4.78, 5) is 14.5. The van der Waals surface area contributed by atoms with E-state index in [1.807, 2.05) is 47.4 Å². The monoisotopic (exact) mass is 345 g/mol. The third-order valence-electron chi connectivity index (χ3n) is 5.70. The molecule has 0 saturated heterocycles. The first-order valence-corrected chi connectivity index (χ1v) is 9.26. The van der Waals surface area contributed by atoms with Crippen molar-refractivity contribution in [1.29, 1.82) is 5.26 Å². The Morgan fingerprint density at radius 1 is 1.15 bits per heavy atom. The fourth-order valence-electron chi connectivity index (χ4n) is 4.39. The van der Waals surface area contributed by atoms with Gasteiger partial charge in [-0.25, -0.2) is 0 Å². The fraction of sp³-hybridized carbons (Fsp3) is 0.364. The number of nitrogens with zero attached hydrogens (tertiary/aromatic N) is 2. The van der Waals surface area contributed by atoms with Crippen molar-refractivity contribution >= 4 is 17.3 Å². The standard InChI is InChI=1S/C22H23N3O/c1-14-21(24-19-9-5-3-7-17(19)13-23)18-8-4-6-10-20(18)25(15(2)26)22(14)16-11-12-16/h3-10,14,16,21-22,24H,11-12H2,1-2H3/t14-,21-,22-/m1/s1. The quantitative estimate of drug-likeness (QED) is 0.891. The number of hydrogen-bond donors (Lipinski definition) is 1. The molecule has 26 heavy (non-hydrogen) atoms. The van der Waals surface area contributed by atoms with Crippen LogP contribution in [0.3, 0.4) is 0 Å². The maximum absolute atomic E-state index is 12.5. The van der Waals surface area contributed by atoms with E-state index in [1.165, 1.54) is 12.8 Å². The molecule has 1 N–H and O–H groups in total. The van der Waals surface area contributed by atoms with Gasteiger partial charge in [0.15, 0.2) is 0 Å². The molecule has 0 aromatic heterocycles. The summed E-state index contributed by atoms with van der Waals surface area (Å²) in [5.74, 6) is 0.933. The third-order valence-corrected chi connectivity index (χ3v) is 5.70. The van der Waals surface area contributed by atoms with Crippen LogP contribution in [0.15, 0.2) is 48.5 Å². The Morgan fingerprint density at radius 2 is 1.85 bits per heavy atom. The third kappa shape index (κ3) is 2.74. The SMILES string of the molecule is CC(=O)N1c2ccccc2[C@H](Nc2ccccc2C#N)[C@@H](C)[C@@H]1C1CC1. The first-order valence-electron chi connectivity index (χ1n) is 9.26.